The minimum atomic E-state index is -4.98. The van der Waals surface area contributed by atoms with E-state index in [1.165, 1.54) is 180 Å². The van der Waals surface area contributed by atoms with E-state index in [1.807, 2.05) is 0 Å². The van der Waals surface area contributed by atoms with Gasteiger partial charge in [0.2, 0.25) is 0 Å². The first kappa shape index (κ1) is 104. The molecular formula is C76H140CaO24P2. The number of phosphoric acid groups is 2. The largest absolute Gasteiger partial charge is 2.00 e. The molecule has 0 aliphatic rings. The number of ether oxygens (including phenoxy) is 8. The van der Waals surface area contributed by atoms with Crippen LogP contribution in [0.3, 0.4) is 0 Å². The summed E-state index contributed by atoms with van der Waals surface area (Å²) in [6, 6.07) is 0. The first-order valence-corrected chi connectivity index (χ1v) is 42.4. The van der Waals surface area contributed by atoms with Crippen LogP contribution in [0.2, 0.25) is 0 Å². The molecule has 0 saturated carbocycles. The molecule has 0 aromatic carbocycles. The Morgan fingerprint density at radius 3 is 0.612 bits per heavy atom. The molecule has 103 heavy (non-hydrogen) atoms. The molecule has 0 rings (SSSR count). The van der Waals surface area contributed by atoms with Crippen LogP contribution in [0.25, 0.3) is 0 Å². The molecule has 0 aliphatic carbocycles. The molecule has 24 nitrogen and oxygen atoms in total. The van der Waals surface area contributed by atoms with Gasteiger partial charge in [0.05, 0.1) is 26.4 Å². The molecule has 0 aromatic heterocycles. The van der Waals surface area contributed by atoms with E-state index in [2.05, 4.69) is 27.7 Å². The Bertz CT molecular complexity index is 2040. The van der Waals surface area contributed by atoms with Crippen molar-refractivity contribution in [2.75, 3.05) is 52.9 Å². The van der Waals surface area contributed by atoms with Crippen molar-refractivity contribution in [3.8, 4) is 0 Å². The predicted octanol–water partition coefficient (Wildman–Crippen LogP) is 17.3. The molecular weight excluding hydrogens is 1400 g/mol. The van der Waals surface area contributed by atoms with Crippen LogP contribution in [0.5, 0.6) is 0 Å². The second-order valence-corrected chi connectivity index (χ2v) is 29.7. The molecule has 0 N–H and O–H groups in total. The van der Waals surface area contributed by atoms with E-state index in [0.717, 1.165) is 105 Å². The van der Waals surface area contributed by atoms with Gasteiger partial charge in [-0.05, 0) is 25.7 Å². The maximum atomic E-state index is 12.6. The Kier molecular flexibility index (Phi) is 75.7. The monoisotopic (exact) mass is 1540 g/mol. The number of carbonyl (C=O) groups excluding carboxylic acids is 8. The standard InChI is InChI=1S/2C38H71O12P.Ca/c2*1-5-7-9-11-13-15-17-19-21-23-25-27-37(41)46-30-36(50-38(42)28-26-24-22-20-18-16-14-12-10-8-6-2)32-48-51(43,44)47-31-35(49-34(4)40)29-45-33(3)39;/h2*35-36H,5-32H2,1-4H3,(H,43,44);/q;;+2/p-2/t2*35?,36-;/m11./s1. The van der Waals surface area contributed by atoms with Crippen LogP contribution in [0.15, 0.2) is 0 Å². The number of carbonyl (C=O) groups is 8. The van der Waals surface area contributed by atoms with Crippen molar-refractivity contribution in [3.63, 3.8) is 0 Å². The zero-order chi connectivity index (χ0) is 76.0. The van der Waals surface area contributed by atoms with Crippen LogP contribution in [-0.4, -0.2) is 163 Å². The smallest absolute Gasteiger partial charge is 0.756 e. The Morgan fingerprint density at radius 2 is 0.417 bits per heavy atom. The molecule has 0 radical (unpaired) electrons. The second kappa shape index (κ2) is 74.7. The van der Waals surface area contributed by atoms with Gasteiger partial charge in [-0.2, -0.15) is 0 Å². The molecule has 0 heterocycles. The molecule has 4 unspecified atom stereocenters. The Hall–Kier alpha value is -2.76. The van der Waals surface area contributed by atoms with Gasteiger partial charge in [-0.3, -0.25) is 47.5 Å². The summed E-state index contributed by atoms with van der Waals surface area (Å²) in [5.41, 5.74) is 0. The summed E-state index contributed by atoms with van der Waals surface area (Å²) < 4.78 is 85.6. The van der Waals surface area contributed by atoms with Crippen LogP contribution in [-0.2, 0) is 103 Å². The molecule has 0 spiro atoms. The van der Waals surface area contributed by atoms with E-state index >= 15 is 0 Å². The number of rotatable bonds is 72. The predicted molar refractivity (Wildman–Crippen MR) is 395 cm³/mol. The number of unbranched alkanes of at least 4 members (excludes halogenated alkanes) is 40. The number of phosphoric ester groups is 2. The quantitative estimate of drug-likeness (QED) is 0.0179. The van der Waals surface area contributed by atoms with Crippen molar-refractivity contribution in [2.24, 2.45) is 0 Å². The molecule has 0 fully saturated rings. The van der Waals surface area contributed by atoms with Crippen LogP contribution in [0.4, 0.5) is 0 Å². The molecule has 0 amide bonds. The third kappa shape index (κ3) is 78.6. The van der Waals surface area contributed by atoms with Crippen molar-refractivity contribution < 1.29 is 113 Å². The van der Waals surface area contributed by atoms with E-state index in [4.69, 9.17) is 56.0 Å². The summed E-state index contributed by atoms with van der Waals surface area (Å²) in [6.07, 6.45) is 46.2. The van der Waals surface area contributed by atoms with Crippen LogP contribution < -0.4 is 9.79 Å². The molecule has 600 valence electrons. The maximum absolute atomic E-state index is 12.6. The SMILES string of the molecule is CCCCCCCCCCCCCC(=O)OC[C@H](COP(=O)([O-])OCC(COC(C)=O)OC(C)=O)OC(=O)CCCCCCCCCCCCC.CCCCCCCCCCCCCC(=O)OC[C@H](COP(=O)([O-])OCC(COC(C)=O)OC(C)=O)OC(=O)CCCCCCCCCCCCC.[Ca+2]. The minimum Gasteiger partial charge on any atom is -0.756 e. The van der Waals surface area contributed by atoms with Crippen molar-refractivity contribution >= 4 is 101 Å². The molecule has 0 bridgehead atoms. The molecule has 0 aromatic rings. The molecule has 0 saturated heterocycles. The third-order valence-electron chi connectivity index (χ3n) is 16.7. The number of hydrogen-bond acceptors (Lipinski definition) is 24. The van der Waals surface area contributed by atoms with Gasteiger partial charge in [0.25, 0.3) is 15.6 Å². The first-order valence-electron chi connectivity index (χ1n) is 39.5. The Balaban J connectivity index is -0.00000192. The summed E-state index contributed by atoms with van der Waals surface area (Å²) in [5, 5.41) is 0. The van der Waals surface area contributed by atoms with Gasteiger partial charge in [-0.1, -0.05) is 285 Å². The average Bonchev–Trinajstić information content (AvgIpc) is 0.911. The van der Waals surface area contributed by atoms with Gasteiger partial charge >= 0.3 is 85.5 Å². The van der Waals surface area contributed by atoms with Gasteiger partial charge in [0.1, 0.15) is 26.4 Å². The summed E-state index contributed by atoms with van der Waals surface area (Å²) in [7, 11) is -9.97. The zero-order valence-electron chi connectivity index (χ0n) is 65.3. The van der Waals surface area contributed by atoms with Gasteiger partial charge in [-0.15, -0.1) is 0 Å². The van der Waals surface area contributed by atoms with Gasteiger partial charge < -0.3 is 65.8 Å². The van der Waals surface area contributed by atoms with Crippen LogP contribution in [0, 0.1) is 0 Å². The van der Waals surface area contributed by atoms with Crippen molar-refractivity contribution in [2.45, 2.75) is 388 Å². The van der Waals surface area contributed by atoms with E-state index in [9.17, 15) is 57.3 Å². The van der Waals surface area contributed by atoms with E-state index in [1.54, 1.807) is 0 Å². The summed E-state index contributed by atoms with van der Waals surface area (Å²) in [6.45, 7) is 9.21. The van der Waals surface area contributed by atoms with Crippen molar-refractivity contribution in [1.82, 2.24) is 0 Å². The molecule has 0 aliphatic heterocycles. The van der Waals surface area contributed by atoms with Gasteiger partial charge in [0, 0.05) is 53.4 Å². The topological polar surface area (TPSA) is 328 Å². The Morgan fingerprint density at radius 1 is 0.243 bits per heavy atom. The van der Waals surface area contributed by atoms with Crippen molar-refractivity contribution in [3.05, 3.63) is 0 Å². The fraction of sp³-hybridized carbons (Fsp3) is 0.895. The van der Waals surface area contributed by atoms with E-state index in [-0.39, 0.29) is 76.6 Å². The average molecular weight is 1540 g/mol. The van der Waals surface area contributed by atoms with E-state index < -0.39 is 127 Å². The van der Waals surface area contributed by atoms with Crippen molar-refractivity contribution in [1.29, 1.82) is 0 Å². The molecule has 6 atom stereocenters. The fourth-order valence-corrected chi connectivity index (χ4v) is 12.4. The third-order valence-corrected chi connectivity index (χ3v) is 18.5. The summed E-state index contributed by atoms with van der Waals surface area (Å²) in [5.74, 6) is -4.76. The zero-order valence-corrected chi connectivity index (χ0v) is 69.3. The number of hydrogen-bond donors (Lipinski definition) is 0. The van der Waals surface area contributed by atoms with Crippen LogP contribution >= 0.6 is 15.6 Å². The Labute approximate surface area is 651 Å². The minimum absolute atomic E-state index is 0. The second-order valence-electron chi connectivity index (χ2n) is 26.9. The van der Waals surface area contributed by atoms with Crippen LogP contribution in [0.1, 0.15) is 364 Å². The normalized spacial score (nSPS) is 13.5. The van der Waals surface area contributed by atoms with E-state index in [0.29, 0.717) is 25.7 Å². The number of esters is 8. The fourth-order valence-electron chi connectivity index (χ4n) is 10.9. The molecule has 27 heteroatoms. The maximum Gasteiger partial charge on any atom is 2.00 e. The summed E-state index contributed by atoms with van der Waals surface area (Å²) >= 11 is 0. The first-order chi connectivity index (χ1) is 49.0. The van der Waals surface area contributed by atoms with Gasteiger partial charge in [0.15, 0.2) is 24.4 Å². The van der Waals surface area contributed by atoms with Gasteiger partial charge in [-0.25, -0.2) is 0 Å². The summed E-state index contributed by atoms with van der Waals surface area (Å²) in [4.78, 5) is 120.